The smallest absolute Gasteiger partial charge is 0.120 e. The second kappa shape index (κ2) is 5.22. The van der Waals surface area contributed by atoms with Crippen molar-refractivity contribution in [3.8, 4) is 5.75 Å². The Hall–Kier alpha value is -0.740. The first-order valence-corrected chi connectivity index (χ1v) is 5.80. The third-order valence-corrected chi connectivity index (χ3v) is 3.08. The van der Waals surface area contributed by atoms with Crippen LogP contribution in [-0.2, 0) is 0 Å². The van der Waals surface area contributed by atoms with Crippen LogP contribution in [0.25, 0.3) is 0 Å². The van der Waals surface area contributed by atoms with E-state index in [2.05, 4.69) is 5.32 Å². The molecule has 4 heteroatoms. The molecule has 0 aliphatic heterocycles. The van der Waals surface area contributed by atoms with Crippen molar-refractivity contribution < 1.29 is 4.74 Å². The number of thioether (sulfide) groups is 1. The molecule has 0 aliphatic carbocycles. The van der Waals surface area contributed by atoms with E-state index in [0.717, 1.165) is 21.2 Å². The quantitative estimate of drug-likeness (QED) is 0.631. The summed E-state index contributed by atoms with van der Waals surface area (Å²) in [5.41, 5.74) is 1.05. The van der Waals surface area contributed by atoms with Gasteiger partial charge < -0.3 is 10.1 Å². The zero-order valence-corrected chi connectivity index (χ0v) is 10.1. The maximum absolute atomic E-state index is 5.19. The second-order valence-corrected chi connectivity index (χ2v) is 3.90. The number of nitrogens with one attached hydrogen (secondary N) is 1. The first-order valence-electron chi connectivity index (χ1n) is 4.17. The molecule has 1 aromatic rings. The van der Waals surface area contributed by atoms with Gasteiger partial charge in [-0.15, -0.1) is 11.8 Å². The number of thiocarbonyl (C=S) groups is 1. The fourth-order valence-electron chi connectivity index (χ4n) is 1.12. The van der Waals surface area contributed by atoms with Crippen molar-refractivity contribution in [2.75, 3.05) is 20.4 Å². The van der Waals surface area contributed by atoms with Gasteiger partial charge in [-0.25, -0.2) is 0 Å². The van der Waals surface area contributed by atoms with Crippen LogP contribution >= 0.6 is 24.0 Å². The monoisotopic (exact) mass is 227 g/mol. The minimum Gasteiger partial charge on any atom is -0.497 e. The van der Waals surface area contributed by atoms with Crippen molar-refractivity contribution in [2.45, 2.75) is 4.90 Å². The summed E-state index contributed by atoms with van der Waals surface area (Å²) in [6.45, 7) is 0. The summed E-state index contributed by atoms with van der Waals surface area (Å²) >= 11 is 6.85. The van der Waals surface area contributed by atoms with Crippen LogP contribution < -0.4 is 10.1 Å². The maximum Gasteiger partial charge on any atom is 0.120 e. The van der Waals surface area contributed by atoms with E-state index in [1.165, 1.54) is 0 Å². The summed E-state index contributed by atoms with van der Waals surface area (Å²) in [4.78, 5) is 1.89. The number of ether oxygens (including phenoxy) is 1. The Morgan fingerprint density at radius 1 is 1.50 bits per heavy atom. The molecule has 0 amide bonds. The normalized spacial score (nSPS) is 9.64. The number of rotatable bonds is 3. The van der Waals surface area contributed by atoms with Crippen molar-refractivity contribution in [3.05, 3.63) is 23.8 Å². The van der Waals surface area contributed by atoms with Crippen molar-refractivity contribution in [3.63, 3.8) is 0 Å². The highest BCUT2D eigenvalue weighted by Gasteiger charge is 2.06. The molecule has 0 bridgehead atoms. The van der Waals surface area contributed by atoms with Crippen molar-refractivity contribution >= 4 is 29.0 Å². The number of methoxy groups -OCH3 is 1. The van der Waals surface area contributed by atoms with Crippen molar-refractivity contribution in [1.29, 1.82) is 0 Å². The van der Waals surface area contributed by atoms with Gasteiger partial charge in [0.25, 0.3) is 0 Å². The fraction of sp³-hybridized carbons (Fsp3) is 0.300. The summed E-state index contributed by atoms with van der Waals surface area (Å²) in [5.74, 6) is 0.858. The van der Waals surface area contributed by atoms with E-state index in [1.807, 2.05) is 31.5 Å². The van der Waals surface area contributed by atoms with Gasteiger partial charge >= 0.3 is 0 Å². The molecule has 0 spiro atoms. The fourth-order valence-corrected chi connectivity index (χ4v) is 1.99. The summed E-state index contributed by atoms with van der Waals surface area (Å²) < 4.78 is 5.15. The lowest BCUT2D eigenvalue weighted by Crippen LogP contribution is -2.17. The standard InChI is InChI=1S/C10H13NOS2/c1-11-10(13)8-5-4-7(12-2)6-9(8)14-3/h4-6H,1-3H3,(H,11,13). The molecule has 0 aliphatic rings. The van der Waals surface area contributed by atoms with Crippen LogP contribution in [0.2, 0.25) is 0 Å². The van der Waals surface area contributed by atoms with E-state index in [1.54, 1.807) is 18.9 Å². The summed E-state index contributed by atoms with van der Waals surface area (Å²) in [5, 5.41) is 2.97. The van der Waals surface area contributed by atoms with Gasteiger partial charge in [0.1, 0.15) is 10.7 Å². The Labute approximate surface area is 94.0 Å². The molecule has 1 N–H and O–H groups in total. The summed E-state index contributed by atoms with van der Waals surface area (Å²) in [6.07, 6.45) is 2.02. The second-order valence-electron chi connectivity index (χ2n) is 2.65. The van der Waals surface area contributed by atoms with Crippen LogP contribution in [0.4, 0.5) is 0 Å². The average Bonchev–Trinajstić information content (AvgIpc) is 2.27. The molecule has 14 heavy (non-hydrogen) atoms. The lowest BCUT2D eigenvalue weighted by Gasteiger charge is -2.09. The van der Waals surface area contributed by atoms with Gasteiger partial charge in [-0.2, -0.15) is 0 Å². The Morgan fingerprint density at radius 3 is 2.71 bits per heavy atom. The third kappa shape index (κ3) is 2.39. The molecule has 2 nitrogen and oxygen atoms in total. The molecule has 1 rings (SSSR count). The number of hydrogen-bond donors (Lipinski definition) is 1. The molecule has 0 unspecified atom stereocenters. The van der Waals surface area contributed by atoms with Crippen LogP contribution in [-0.4, -0.2) is 25.4 Å². The first kappa shape index (κ1) is 11.3. The molecule has 0 atom stereocenters. The molecule has 1 aromatic carbocycles. The number of benzene rings is 1. The maximum atomic E-state index is 5.19. The minimum absolute atomic E-state index is 0.761. The first-order chi connectivity index (χ1) is 6.72. The van der Waals surface area contributed by atoms with Gasteiger partial charge in [0.05, 0.1) is 7.11 Å². The molecular weight excluding hydrogens is 214 g/mol. The molecule has 0 fully saturated rings. The van der Waals surface area contributed by atoms with Gasteiger partial charge in [-0.05, 0) is 24.5 Å². The Balaban J connectivity index is 3.11. The molecule has 0 saturated carbocycles. The van der Waals surface area contributed by atoms with Crippen molar-refractivity contribution in [1.82, 2.24) is 5.32 Å². The average molecular weight is 227 g/mol. The van der Waals surface area contributed by atoms with Gasteiger partial charge in [0.15, 0.2) is 0 Å². The van der Waals surface area contributed by atoms with Gasteiger partial charge in [-0.1, -0.05) is 12.2 Å². The molecule has 0 saturated heterocycles. The van der Waals surface area contributed by atoms with Crippen LogP contribution in [0.3, 0.4) is 0 Å². The highest BCUT2D eigenvalue weighted by atomic mass is 32.2. The molecule has 76 valence electrons. The highest BCUT2D eigenvalue weighted by Crippen LogP contribution is 2.25. The SMILES string of the molecule is CNC(=S)c1ccc(OC)cc1SC. The van der Waals surface area contributed by atoms with Crippen LogP contribution in [0, 0.1) is 0 Å². The summed E-state index contributed by atoms with van der Waals surface area (Å²) in [6, 6.07) is 5.88. The van der Waals surface area contributed by atoms with E-state index in [4.69, 9.17) is 17.0 Å². The lowest BCUT2D eigenvalue weighted by molar-refractivity contribution is 0.413. The molecule has 0 radical (unpaired) electrons. The molecule has 0 heterocycles. The van der Waals surface area contributed by atoms with Crippen LogP contribution in [0.1, 0.15) is 5.56 Å². The zero-order valence-electron chi connectivity index (χ0n) is 8.46. The largest absolute Gasteiger partial charge is 0.497 e. The highest BCUT2D eigenvalue weighted by molar-refractivity contribution is 7.98. The molecule has 0 aromatic heterocycles. The van der Waals surface area contributed by atoms with E-state index < -0.39 is 0 Å². The van der Waals surface area contributed by atoms with E-state index in [9.17, 15) is 0 Å². The predicted octanol–water partition coefficient (Wildman–Crippen LogP) is 2.31. The van der Waals surface area contributed by atoms with Gasteiger partial charge in [-0.3, -0.25) is 0 Å². The van der Waals surface area contributed by atoms with Crippen LogP contribution in [0.15, 0.2) is 23.1 Å². The van der Waals surface area contributed by atoms with Crippen LogP contribution in [0.5, 0.6) is 5.75 Å². The van der Waals surface area contributed by atoms with Crippen molar-refractivity contribution in [2.24, 2.45) is 0 Å². The predicted molar refractivity (Wildman–Crippen MR) is 65.5 cm³/mol. The summed E-state index contributed by atoms with van der Waals surface area (Å²) in [7, 11) is 3.49. The topological polar surface area (TPSA) is 21.3 Å². The third-order valence-electron chi connectivity index (χ3n) is 1.88. The van der Waals surface area contributed by atoms with Gasteiger partial charge in [0, 0.05) is 17.5 Å². The van der Waals surface area contributed by atoms with E-state index in [0.29, 0.717) is 0 Å². The lowest BCUT2D eigenvalue weighted by atomic mass is 10.2. The Bertz CT molecular complexity index is 339. The zero-order chi connectivity index (χ0) is 10.6. The Kier molecular flexibility index (Phi) is 4.22. The minimum atomic E-state index is 0.761. The van der Waals surface area contributed by atoms with Gasteiger partial charge in [0.2, 0.25) is 0 Å². The molecular formula is C10H13NOS2. The van der Waals surface area contributed by atoms with E-state index >= 15 is 0 Å². The number of hydrogen-bond acceptors (Lipinski definition) is 3. The Morgan fingerprint density at radius 2 is 2.21 bits per heavy atom. The van der Waals surface area contributed by atoms with E-state index in [-0.39, 0.29) is 0 Å².